The number of carbonyl (C=O) groups is 1. The summed E-state index contributed by atoms with van der Waals surface area (Å²) < 4.78 is 13.1. The number of hydrogen-bond acceptors (Lipinski definition) is 4. The lowest BCUT2D eigenvalue weighted by Gasteiger charge is -2.10. The largest absolute Gasteiger partial charge is 0.486 e. The molecule has 0 saturated heterocycles. The first-order valence-electron chi connectivity index (χ1n) is 8.66. The number of ether oxygens (including phenoxy) is 1. The number of amides is 1. The average molecular weight is 361 g/mol. The normalized spacial score (nSPS) is 10.9. The summed E-state index contributed by atoms with van der Waals surface area (Å²) >= 11 is 0. The van der Waals surface area contributed by atoms with E-state index in [0.29, 0.717) is 23.6 Å². The second-order valence-electron chi connectivity index (χ2n) is 6.25. The first-order chi connectivity index (χ1) is 13.2. The number of nitrogens with one attached hydrogen (secondary N) is 1. The van der Waals surface area contributed by atoms with Crippen LogP contribution in [0.2, 0.25) is 0 Å². The van der Waals surface area contributed by atoms with Gasteiger partial charge >= 0.3 is 0 Å². The summed E-state index contributed by atoms with van der Waals surface area (Å²) in [5, 5.41) is 2.84. The Labute approximate surface area is 156 Å². The van der Waals surface area contributed by atoms with Gasteiger partial charge in [-0.15, -0.1) is 0 Å². The van der Waals surface area contributed by atoms with Gasteiger partial charge in [-0.3, -0.25) is 4.79 Å². The number of fused-ring (bicyclic) bond motifs is 1. The summed E-state index contributed by atoms with van der Waals surface area (Å²) in [6, 6.07) is 14.7. The van der Waals surface area contributed by atoms with Crippen LogP contribution in [0.25, 0.3) is 5.65 Å². The first-order valence-corrected chi connectivity index (χ1v) is 8.66. The van der Waals surface area contributed by atoms with Crippen molar-refractivity contribution >= 4 is 11.6 Å². The highest BCUT2D eigenvalue weighted by Crippen LogP contribution is 2.20. The summed E-state index contributed by atoms with van der Waals surface area (Å²) in [6.45, 7) is 2.64. The van der Waals surface area contributed by atoms with Gasteiger partial charge in [0.05, 0.1) is 24.1 Å². The van der Waals surface area contributed by atoms with Gasteiger partial charge in [0.1, 0.15) is 23.8 Å². The molecule has 0 aliphatic heterocycles. The number of imidazole rings is 1. The van der Waals surface area contributed by atoms with Crippen LogP contribution >= 0.6 is 0 Å². The van der Waals surface area contributed by atoms with E-state index in [9.17, 15) is 4.79 Å². The van der Waals surface area contributed by atoms with Crippen LogP contribution in [0.3, 0.4) is 0 Å². The van der Waals surface area contributed by atoms with Crippen LogP contribution in [-0.4, -0.2) is 15.3 Å². The molecular formula is C21H19N3O3. The fourth-order valence-corrected chi connectivity index (χ4v) is 2.83. The van der Waals surface area contributed by atoms with Crippen molar-refractivity contribution in [2.45, 2.75) is 20.1 Å². The lowest BCUT2D eigenvalue weighted by atomic mass is 10.2. The average Bonchev–Trinajstić information content (AvgIpc) is 3.33. The molecule has 1 amide bonds. The maximum atomic E-state index is 12.5. The molecule has 0 aliphatic carbocycles. The number of rotatable bonds is 6. The molecular weight excluding hydrogens is 342 g/mol. The van der Waals surface area contributed by atoms with E-state index in [0.717, 1.165) is 16.9 Å². The number of pyridine rings is 1. The lowest BCUT2D eigenvalue weighted by Crippen LogP contribution is -2.23. The molecule has 4 rings (SSSR count). The molecule has 6 nitrogen and oxygen atoms in total. The van der Waals surface area contributed by atoms with Crippen molar-refractivity contribution in [2.75, 3.05) is 0 Å². The summed E-state index contributed by atoms with van der Waals surface area (Å²) in [6.07, 6.45) is 5.53. The smallest absolute Gasteiger partial charge is 0.255 e. The van der Waals surface area contributed by atoms with E-state index in [2.05, 4.69) is 10.3 Å². The number of benzene rings is 1. The zero-order chi connectivity index (χ0) is 18.6. The van der Waals surface area contributed by atoms with E-state index in [1.807, 2.05) is 54.0 Å². The van der Waals surface area contributed by atoms with Gasteiger partial charge in [0.15, 0.2) is 0 Å². The number of furan rings is 1. The van der Waals surface area contributed by atoms with Crippen LogP contribution in [0.5, 0.6) is 5.75 Å². The first kappa shape index (κ1) is 16.9. The van der Waals surface area contributed by atoms with Gasteiger partial charge in [0.2, 0.25) is 0 Å². The molecule has 0 fully saturated rings. The standard InChI is InChI=1S/C21H19N3O3/c1-15-8-9-20-23-16(13-24(20)12-15)14-27-19-7-3-2-6-18(19)21(25)22-11-17-5-4-10-26-17/h2-10,12-13H,11,14H2,1H3,(H,22,25). The minimum Gasteiger partial charge on any atom is -0.486 e. The van der Waals surface area contributed by atoms with Crippen LogP contribution in [0, 0.1) is 6.92 Å². The van der Waals surface area contributed by atoms with Gasteiger partial charge in [-0.1, -0.05) is 18.2 Å². The number of aromatic nitrogens is 2. The maximum Gasteiger partial charge on any atom is 0.255 e. The van der Waals surface area contributed by atoms with Crippen molar-refractivity contribution in [3.05, 3.63) is 89.8 Å². The molecule has 3 heterocycles. The summed E-state index contributed by atoms with van der Waals surface area (Å²) in [5.41, 5.74) is 3.30. The Balaban J connectivity index is 1.46. The number of hydrogen-bond donors (Lipinski definition) is 1. The van der Waals surface area contributed by atoms with Crippen LogP contribution < -0.4 is 10.1 Å². The van der Waals surface area contributed by atoms with Crippen LogP contribution in [-0.2, 0) is 13.2 Å². The molecule has 0 unspecified atom stereocenters. The minimum absolute atomic E-state index is 0.215. The Hall–Kier alpha value is -3.54. The van der Waals surface area contributed by atoms with Gasteiger partial charge in [0.25, 0.3) is 5.91 Å². The monoisotopic (exact) mass is 361 g/mol. The lowest BCUT2D eigenvalue weighted by molar-refractivity contribution is 0.0943. The van der Waals surface area contributed by atoms with Crippen molar-refractivity contribution in [3.63, 3.8) is 0 Å². The van der Waals surface area contributed by atoms with E-state index in [-0.39, 0.29) is 12.5 Å². The number of aryl methyl sites for hydroxylation is 1. The Bertz CT molecular complexity index is 1070. The quantitative estimate of drug-likeness (QED) is 0.568. The minimum atomic E-state index is -0.215. The molecule has 6 heteroatoms. The molecule has 0 aliphatic rings. The van der Waals surface area contributed by atoms with Crippen molar-refractivity contribution in [2.24, 2.45) is 0 Å². The Morgan fingerprint density at radius 2 is 2.04 bits per heavy atom. The Morgan fingerprint density at radius 3 is 2.89 bits per heavy atom. The molecule has 0 atom stereocenters. The second-order valence-corrected chi connectivity index (χ2v) is 6.25. The summed E-state index contributed by atoms with van der Waals surface area (Å²) in [7, 11) is 0. The third-order valence-corrected chi connectivity index (χ3v) is 4.16. The van der Waals surface area contributed by atoms with Gasteiger partial charge in [-0.25, -0.2) is 4.98 Å². The van der Waals surface area contributed by atoms with Gasteiger partial charge in [-0.2, -0.15) is 0 Å². The zero-order valence-electron chi connectivity index (χ0n) is 14.9. The van der Waals surface area contributed by atoms with Gasteiger partial charge < -0.3 is 18.9 Å². The third-order valence-electron chi connectivity index (χ3n) is 4.16. The second kappa shape index (κ2) is 7.37. The van der Waals surface area contributed by atoms with E-state index in [1.165, 1.54) is 0 Å². The molecule has 0 saturated carbocycles. The molecule has 4 aromatic rings. The fourth-order valence-electron chi connectivity index (χ4n) is 2.83. The zero-order valence-corrected chi connectivity index (χ0v) is 14.9. The van der Waals surface area contributed by atoms with Crippen LogP contribution in [0.1, 0.15) is 27.4 Å². The van der Waals surface area contributed by atoms with Gasteiger partial charge in [0, 0.05) is 12.4 Å². The molecule has 0 bridgehead atoms. The third kappa shape index (κ3) is 3.84. The van der Waals surface area contributed by atoms with E-state index < -0.39 is 0 Å². The molecule has 0 spiro atoms. The molecule has 1 N–H and O–H groups in total. The van der Waals surface area contributed by atoms with Crippen LogP contribution in [0.15, 0.2) is 71.6 Å². The maximum absolute atomic E-state index is 12.5. The van der Waals surface area contributed by atoms with E-state index >= 15 is 0 Å². The highest BCUT2D eigenvalue weighted by molar-refractivity contribution is 5.96. The van der Waals surface area contributed by atoms with E-state index in [4.69, 9.17) is 9.15 Å². The molecule has 136 valence electrons. The van der Waals surface area contributed by atoms with Crippen LogP contribution in [0.4, 0.5) is 0 Å². The summed E-state index contributed by atoms with van der Waals surface area (Å²) in [4.78, 5) is 17.0. The van der Waals surface area contributed by atoms with Crippen molar-refractivity contribution in [3.8, 4) is 5.75 Å². The SMILES string of the molecule is Cc1ccc2nc(COc3ccccc3C(=O)NCc3ccco3)cn2c1. The predicted molar refractivity (Wildman–Crippen MR) is 101 cm³/mol. The topological polar surface area (TPSA) is 68.8 Å². The molecule has 1 aromatic carbocycles. The number of para-hydroxylation sites is 1. The fraction of sp³-hybridized carbons (Fsp3) is 0.143. The van der Waals surface area contributed by atoms with Crippen molar-refractivity contribution in [1.82, 2.24) is 14.7 Å². The van der Waals surface area contributed by atoms with Crippen molar-refractivity contribution in [1.29, 1.82) is 0 Å². The Kier molecular flexibility index (Phi) is 4.61. The van der Waals surface area contributed by atoms with Crippen molar-refractivity contribution < 1.29 is 13.9 Å². The summed E-state index contributed by atoms with van der Waals surface area (Å²) in [5.74, 6) is 0.997. The molecule has 27 heavy (non-hydrogen) atoms. The molecule has 3 aromatic heterocycles. The number of nitrogens with zero attached hydrogens (tertiary/aromatic N) is 2. The van der Waals surface area contributed by atoms with Gasteiger partial charge in [-0.05, 0) is 42.8 Å². The number of carbonyl (C=O) groups excluding carboxylic acids is 1. The van der Waals surface area contributed by atoms with E-state index in [1.54, 1.807) is 24.5 Å². The Morgan fingerprint density at radius 1 is 1.15 bits per heavy atom. The highest BCUT2D eigenvalue weighted by atomic mass is 16.5. The highest BCUT2D eigenvalue weighted by Gasteiger charge is 2.13. The molecule has 0 radical (unpaired) electrons. The predicted octanol–water partition coefficient (Wildman–Crippen LogP) is 3.74.